The number of azo groups is 1. The highest BCUT2D eigenvalue weighted by Crippen LogP contribution is 2.39. The van der Waals surface area contributed by atoms with E-state index in [0.717, 1.165) is 27.2 Å². The molecule has 1 heterocycles. The largest absolute Gasteiger partial charge is 0.493 e. The Hall–Kier alpha value is -3.67. The summed E-state index contributed by atoms with van der Waals surface area (Å²) in [5, 5.41) is 21.5. The Morgan fingerprint density at radius 1 is 1.06 bits per heavy atom. The smallest absolute Gasteiger partial charge is 0.302 e. The monoisotopic (exact) mass is 415 g/mol. The van der Waals surface area contributed by atoms with E-state index < -0.39 is 5.91 Å². The lowest BCUT2D eigenvalue weighted by Gasteiger charge is -2.09. The van der Waals surface area contributed by atoms with Crippen LogP contribution >= 0.6 is 0 Å². The van der Waals surface area contributed by atoms with Crippen molar-refractivity contribution in [1.29, 1.82) is 0 Å². The van der Waals surface area contributed by atoms with E-state index in [1.807, 2.05) is 72.2 Å². The fourth-order valence-corrected chi connectivity index (χ4v) is 3.62. The van der Waals surface area contributed by atoms with Gasteiger partial charge in [0.1, 0.15) is 5.75 Å². The standard InChI is InChI=1S/C25H25N3O3/c1-16(2)14-28-22-11-8-17(3)12-21(22)24(25(28)30)27-26-23(29)15-31-20-10-9-18-6-4-5-7-19(18)13-20/h4-13,16,30H,14-15H2,1-3H3. The molecule has 3 aromatic carbocycles. The molecule has 158 valence electrons. The zero-order chi connectivity index (χ0) is 22.0. The molecule has 0 saturated carbocycles. The van der Waals surface area contributed by atoms with Crippen LogP contribution in [0.1, 0.15) is 19.4 Å². The first-order chi connectivity index (χ1) is 14.9. The maximum Gasteiger partial charge on any atom is 0.302 e. The van der Waals surface area contributed by atoms with Crippen molar-refractivity contribution in [3.05, 3.63) is 66.2 Å². The number of carbonyl (C=O) groups excluding carboxylic acids is 1. The van der Waals surface area contributed by atoms with Gasteiger partial charge in [0.25, 0.3) is 0 Å². The number of aryl methyl sites for hydroxylation is 1. The van der Waals surface area contributed by atoms with Gasteiger partial charge in [-0.25, -0.2) is 0 Å². The van der Waals surface area contributed by atoms with Gasteiger partial charge in [0.15, 0.2) is 12.3 Å². The summed E-state index contributed by atoms with van der Waals surface area (Å²) in [7, 11) is 0. The molecule has 0 unspecified atom stereocenters. The summed E-state index contributed by atoms with van der Waals surface area (Å²) in [6, 6.07) is 19.5. The first-order valence-corrected chi connectivity index (χ1v) is 10.3. The Bertz CT molecular complexity index is 1290. The van der Waals surface area contributed by atoms with Gasteiger partial charge in [-0.2, -0.15) is 0 Å². The molecule has 0 aliphatic heterocycles. The minimum atomic E-state index is -0.523. The molecule has 1 amide bonds. The van der Waals surface area contributed by atoms with Gasteiger partial charge in [0.05, 0.1) is 5.52 Å². The molecule has 0 fully saturated rings. The van der Waals surface area contributed by atoms with Crippen LogP contribution in [0.15, 0.2) is 70.9 Å². The molecule has 6 heteroatoms. The van der Waals surface area contributed by atoms with Crippen LogP contribution in [-0.2, 0) is 11.3 Å². The van der Waals surface area contributed by atoms with Crippen LogP contribution in [0.2, 0.25) is 0 Å². The molecule has 31 heavy (non-hydrogen) atoms. The minimum Gasteiger partial charge on any atom is -0.493 e. The summed E-state index contributed by atoms with van der Waals surface area (Å²) in [6.45, 7) is 6.54. The molecule has 0 aliphatic rings. The maximum atomic E-state index is 12.3. The number of aromatic hydroxyl groups is 1. The van der Waals surface area contributed by atoms with Crippen molar-refractivity contribution in [3.63, 3.8) is 0 Å². The summed E-state index contributed by atoms with van der Waals surface area (Å²) in [5.41, 5.74) is 2.21. The highest BCUT2D eigenvalue weighted by Gasteiger charge is 2.18. The van der Waals surface area contributed by atoms with Gasteiger partial charge in [-0.1, -0.05) is 55.8 Å². The lowest BCUT2D eigenvalue weighted by molar-refractivity contribution is -0.120. The Morgan fingerprint density at radius 2 is 1.84 bits per heavy atom. The lowest BCUT2D eigenvalue weighted by atomic mass is 10.1. The average Bonchev–Trinajstić information content (AvgIpc) is 3.00. The van der Waals surface area contributed by atoms with Gasteiger partial charge in [-0.05, 0) is 47.9 Å². The SMILES string of the molecule is Cc1ccc2c(c1)c(N=NC(=O)COc1ccc3ccccc3c1)c(O)n2CC(C)C. The van der Waals surface area contributed by atoms with Crippen molar-refractivity contribution < 1.29 is 14.6 Å². The Labute approximate surface area is 180 Å². The predicted octanol–water partition coefficient (Wildman–Crippen LogP) is 6.15. The fraction of sp³-hybridized carbons (Fsp3) is 0.240. The number of fused-ring (bicyclic) bond motifs is 2. The van der Waals surface area contributed by atoms with Crippen LogP contribution in [0.5, 0.6) is 11.6 Å². The summed E-state index contributed by atoms with van der Waals surface area (Å²) in [4.78, 5) is 12.3. The van der Waals surface area contributed by atoms with Crippen molar-refractivity contribution in [1.82, 2.24) is 4.57 Å². The summed E-state index contributed by atoms with van der Waals surface area (Å²) in [6.07, 6.45) is 0. The van der Waals surface area contributed by atoms with Crippen LogP contribution in [0.3, 0.4) is 0 Å². The van der Waals surface area contributed by atoms with E-state index in [0.29, 0.717) is 23.9 Å². The number of hydrogen-bond acceptors (Lipinski definition) is 4. The highest BCUT2D eigenvalue weighted by molar-refractivity contribution is 5.95. The van der Waals surface area contributed by atoms with E-state index in [2.05, 4.69) is 24.1 Å². The van der Waals surface area contributed by atoms with Crippen LogP contribution < -0.4 is 4.74 Å². The normalized spacial score (nSPS) is 11.7. The molecule has 4 aromatic rings. The number of rotatable bonds is 6. The number of nitrogens with zero attached hydrogens (tertiary/aromatic N) is 3. The second kappa shape index (κ2) is 8.60. The van der Waals surface area contributed by atoms with Crippen molar-refractivity contribution in [2.45, 2.75) is 27.3 Å². The fourth-order valence-electron chi connectivity index (χ4n) is 3.62. The molecular weight excluding hydrogens is 390 g/mol. The number of hydrogen-bond donors (Lipinski definition) is 1. The van der Waals surface area contributed by atoms with Gasteiger partial charge >= 0.3 is 5.91 Å². The van der Waals surface area contributed by atoms with Gasteiger partial charge in [-0.3, -0.25) is 4.79 Å². The summed E-state index contributed by atoms with van der Waals surface area (Å²) < 4.78 is 7.40. The second-order valence-electron chi connectivity index (χ2n) is 8.09. The molecule has 1 aromatic heterocycles. The topological polar surface area (TPSA) is 76.2 Å². The van der Waals surface area contributed by atoms with Crippen molar-refractivity contribution in [2.24, 2.45) is 16.1 Å². The van der Waals surface area contributed by atoms with Crippen LogP contribution in [0.25, 0.3) is 21.7 Å². The van der Waals surface area contributed by atoms with Gasteiger partial charge in [-0.15, -0.1) is 10.2 Å². The molecule has 0 bridgehead atoms. The molecule has 1 N–H and O–H groups in total. The first kappa shape index (κ1) is 20.6. The third kappa shape index (κ3) is 4.43. The summed E-state index contributed by atoms with van der Waals surface area (Å²) >= 11 is 0. The molecule has 0 aliphatic carbocycles. The lowest BCUT2D eigenvalue weighted by Crippen LogP contribution is -2.07. The second-order valence-corrected chi connectivity index (χ2v) is 8.09. The van der Waals surface area contributed by atoms with Crippen molar-refractivity contribution >= 4 is 33.3 Å². The van der Waals surface area contributed by atoms with Gasteiger partial charge in [0.2, 0.25) is 5.88 Å². The quantitative estimate of drug-likeness (QED) is 0.384. The van der Waals surface area contributed by atoms with Crippen molar-refractivity contribution in [3.8, 4) is 11.6 Å². The van der Waals surface area contributed by atoms with E-state index in [1.54, 1.807) is 0 Å². The average molecular weight is 415 g/mol. The molecule has 0 radical (unpaired) electrons. The van der Waals surface area contributed by atoms with E-state index in [9.17, 15) is 9.90 Å². The number of amides is 1. The number of benzene rings is 3. The Morgan fingerprint density at radius 3 is 2.61 bits per heavy atom. The zero-order valence-corrected chi connectivity index (χ0v) is 17.9. The van der Waals surface area contributed by atoms with Crippen LogP contribution in [0, 0.1) is 12.8 Å². The van der Waals surface area contributed by atoms with Gasteiger partial charge < -0.3 is 14.4 Å². The molecular formula is C25H25N3O3. The molecule has 6 nitrogen and oxygen atoms in total. The van der Waals surface area contributed by atoms with E-state index in [4.69, 9.17) is 4.74 Å². The molecule has 0 saturated heterocycles. The zero-order valence-electron chi connectivity index (χ0n) is 17.9. The minimum absolute atomic E-state index is 0.0151. The number of ether oxygens (including phenoxy) is 1. The molecule has 0 atom stereocenters. The van der Waals surface area contributed by atoms with E-state index in [1.165, 1.54) is 0 Å². The van der Waals surface area contributed by atoms with E-state index >= 15 is 0 Å². The molecule has 0 spiro atoms. The van der Waals surface area contributed by atoms with Crippen LogP contribution in [0.4, 0.5) is 5.69 Å². The number of carbonyl (C=O) groups is 1. The Kier molecular flexibility index (Phi) is 5.71. The van der Waals surface area contributed by atoms with E-state index in [-0.39, 0.29) is 12.5 Å². The van der Waals surface area contributed by atoms with Crippen molar-refractivity contribution in [2.75, 3.05) is 6.61 Å². The summed E-state index contributed by atoms with van der Waals surface area (Å²) in [5.74, 6) is 0.421. The first-order valence-electron chi connectivity index (χ1n) is 10.3. The maximum absolute atomic E-state index is 12.3. The van der Waals surface area contributed by atoms with Gasteiger partial charge in [0, 0.05) is 11.9 Å². The molecule has 4 rings (SSSR count). The Balaban J connectivity index is 1.53. The third-order valence-corrected chi connectivity index (χ3v) is 5.06. The number of aromatic nitrogens is 1. The van der Waals surface area contributed by atoms with Crippen LogP contribution in [-0.4, -0.2) is 22.2 Å². The predicted molar refractivity (Wildman–Crippen MR) is 122 cm³/mol. The highest BCUT2D eigenvalue weighted by atomic mass is 16.5. The third-order valence-electron chi connectivity index (χ3n) is 5.06.